The van der Waals surface area contributed by atoms with Crippen LogP contribution in [-0.2, 0) is 6.18 Å². The van der Waals surface area contributed by atoms with Crippen molar-refractivity contribution in [3.63, 3.8) is 0 Å². The number of nitrogens with one attached hydrogen (secondary N) is 1. The van der Waals surface area contributed by atoms with Crippen LogP contribution in [0.2, 0.25) is 0 Å². The van der Waals surface area contributed by atoms with E-state index in [0.29, 0.717) is 39.6 Å². The summed E-state index contributed by atoms with van der Waals surface area (Å²) >= 11 is 0. The lowest BCUT2D eigenvalue weighted by atomic mass is 9.96. The Labute approximate surface area is 151 Å². The molecule has 27 heavy (non-hydrogen) atoms. The Morgan fingerprint density at radius 2 is 1.48 bits per heavy atom. The summed E-state index contributed by atoms with van der Waals surface area (Å²) in [5.41, 5.74) is 4.20. The molecule has 0 aliphatic heterocycles. The predicted molar refractivity (Wildman–Crippen MR) is 91.0 cm³/mol. The zero-order valence-corrected chi connectivity index (χ0v) is 14.9. The molecule has 0 amide bonds. The van der Waals surface area contributed by atoms with Gasteiger partial charge in [0.15, 0.2) is 0 Å². The first-order valence-corrected chi connectivity index (χ1v) is 8.14. The summed E-state index contributed by atoms with van der Waals surface area (Å²) in [6, 6.07) is 3.38. The molecule has 0 fully saturated rings. The molecule has 3 heterocycles. The number of hydrogen-bond acceptors (Lipinski definition) is 5. The zero-order chi connectivity index (χ0) is 19.5. The Kier molecular flexibility index (Phi) is 3.66. The summed E-state index contributed by atoms with van der Waals surface area (Å²) in [4.78, 5) is 6.18. The Morgan fingerprint density at radius 3 is 2.00 bits per heavy atom. The number of aryl methyl sites for hydroxylation is 4. The molecule has 9 heteroatoms. The molecule has 0 aliphatic carbocycles. The maximum absolute atomic E-state index is 13.2. The van der Waals surface area contributed by atoms with E-state index in [1.54, 1.807) is 39.8 Å². The van der Waals surface area contributed by atoms with E-state index in [-0.39, 0.29) is 11.0 Å². The van der Waals surface area contributed by atoms with Crippen LogP contribution < -0.4 is 0 Å². The van der Waals surface area contributed by atoms with Gasteiger partial charge in [0.2, 0.25) is 5.82 Å². The third-order valence-corrected chi connectivity index (χ3v) is 4.48. The van der Waals surface area contributed by atoms with Crippen LogP contribution in [0.3, 0.4) is 0 Å². The molecule has 1 aromatic carbocycles. The Balaban J connectivity index is 2.09. The van der Waals surface area contributed by atoms with Gasteiger partial charge in [0.25, 0.3) is 0 Å². The van der Waals surface area contributed by atoms with Crippen molar-refractivity contribution in [2.45, 2.75) is 33.9 Å². The van der Waals surface area contributed by atoms with Crippen molar-refractivity contribution in [3.8, 4) is 22.3 Å². The second-order valence-corrected chi connectivity index (χ2v) is 6.40. The van der Waals surface area contributed by atoms with E-state index in [1.807, 2.05) is 0 Å². The van der Waals surface area contributed by atoms with E-state index in [9.17, 15) is 13.2 Å². The standard InChI is InChI=1S/C18H15F3N4O2/c1-7-14(9(3)26-24-7)11-5-12(15-8(2)25-27-10(15)4)16-13(6-11)22-17(23-16)18(19,20)21/h5-6H,1-4H3,(H,22,23). The fraction of sp³-hybridized carbons (Fsp3) is 0.278. The van der Waals surface area contributed by atoms with Crippen molar-refractivity contribution < 1.29 is 22.2 Å². The molecule has 0 saturated heterocycles. The number of H-pyrrole nitrogens is 1. The van der Waals surface area contributed by atoms with E-state index >= 15 is 0 Å². The highest BCUT2D eigenvalue weighted by Gasteiger charge is 2.35. The van der Waals surface area contributed by atoms with Crippen LogP contribution in [0.15, 0.2) is 21.2 Å². The smallest absolute Gasteiger partial charge is 0.361 e. The molecule has 0 unspecified atom stereocenters. The van der Waals surface area contributed by atoms with Gasteiger partial charge in [0.05, 0.1) is 22.4 Å². The van der Waals surface area contributed by atoms with Gasteiger partial charge in [0.1, 0.15) is 11.5 Å². The molecule has 0 bridgehead atoms. The third-order valence-electron chi connectivity index (χ3n) is 4.48. The minimum absolute atomic E-state index is 0.201. The van der Waals surface area contributed by atoms with Gasteiger partial charge in [-0.2, -0.15) is 13.2 Å². The van der Waals surface area contributed by atoms with Crippen LogP contribution in [-0.4, -0.2) is 20.3 Å². The molecule has 0 radical (unpaired) electrons. The average molecular weight is 376 g/mol. The molecule has 0 saturated carbocycles. The quantitative estimate of drug-likeness (QED) is 0.525. The summed E-state index contributed by atoms with van der Waals surface area (Å²) in [6.45, 7) is 6.97. The summed E-state index contributed by atoms with van der Waals surface area (Å²) in [6.07, 6.45) is -4.59. The average Bonchev–Trinajstić information content (AvgIpc) is 3.24. The van der Waals surface area contributed by atoms with Gasteiger partial charge in [-0.05, 0) is 45.4 Å². The number of fused-ring (bicyclic) bond motifs is 1. The number of aromatic nitrogens is 4. The van der Waals surface area contributed by atoms with E-state index in [4.69, 9.17) is 9.05 Å². The largest absolute Gasteiger partial charge is 0.449 e. The minimum Gasteiger partial charge on any atom is -0.361 e. The van der Waals surface area contributed by atoms with E-state index in [2.05, 4.69) is 20.3 Å². The van der Waals surface area contributed by atoms with Crippen LogP contribution in [0.25, 0.3) is 33.3 Å². The Hall–Kier alpha value is -3.10. The lowest BCUT2D eigenvalue weighted by molar-refractivity contribution is -0.144. The van der Waals surface area contributed by atoms with Gasteiger partial charge < -0.3 is 14.0 Å². The summed E-state index contributed by atoms with van der Waals surface area (Å²) in [7, 11) is 0. The van der Waals surface area contributed by atoms with Crippen molar-refractivity contribution in [2.24, 2.45) is 0 Å². The van der Waals surface area contributed by atoms with Gasteiger partial charge in [-0.25, -0.2) is 4.98 Å². The molecule has 0 atom stereocenters. The molecule has 140 valence electrons. The lowest BCUT2D eigenvalue weighted by Gasteiger charge is -2.07. The SMILES string of the molecule is Cc1noc(C)c1-c1cc(-c2c(C)noc2C)c2nc(C(F)(F)F)[nH]c2c1. The summed E-state index contributed by atoms with van der Waals surface area (Å²) < 4.78 is 50.1. The van der Waals surface area contributed by atoms with Crippen molar-refractivity contribution in [2.75, 3.05) is 0 Å². The highest BCUT2D eigenvalue weighted by atomic mass is 19.4. The highest BCUT2D eigenvalue weighted by molar-refractivity contribution is 5.97. The van der Waals surface area contributed by atoms with Gasteiger partial charge >= 0.3 is 6.18 Å². The fourth-order valence-electron chi connectivity index (χ4n) is 3.35. The molecule has 0 spiro atoms. The normalized spacial score (nSPS) is 12.3. The topological polar surface area (TPSA) is 80.7 Å². The number of benzene rings is 1. The van der Waals surface area contributed by atoms with Crippen molar-refractivity contribution in [1.82, 2.24) is 20.3 Å². The van der Waals surface area contributed by atoms with E-state index < -0.39 is 12.0 Å². The first kappa shape index (κ1) is 17.3. The monoisotopic (exact) mass is 376 g/mol. The number of nitrogens with zero attached hydrogens (tertiary/aromatic N) is 3. The summed E-state index contributed by atoms with van der Waals surface area (Å²) in [5.74, 6) is 0.0230. The van der Waals surface area contributed by atoms with Crippen LogP contribution in [0.5, 0.6) is 0 Å². The molecular formula is C18H15F3N4O2. The minimum atomic E-state index is -4.59. The van der Waals surface area contributed by atoms with E-state index in [0.717, 1.165) is 5.56 Å². The fourth-order valence-corrected chi connectivity index (χ4v) is 3.35. The van der Waals surface area contributed by atoms with Gasteiger partial charge in [-0.3, -0.25) is 0 Å². The maximum Gasteiger partial charge on any atom is 0.449 e. The van der Waals surface area contributed by atoms with Crippen molar-refractivity contribution >= 4 is 11.0 Å². The highest BCUT2D eigenvalue weighted by Crippen LogP contribution is 2.39. The van der Waals surface area contributed by atoms with Crippen LogP contribution >= 0.6 is 0 Å². The predicted octanol–water partition coefficient (Wildman–Crippen LogP) is 5.13. The second kappa shape index (κ2) is 5.70. The Morgan fingerprint density at radius 1 is 0.889 bits per heavy atom. The number of hydrogen-bond donors (Lipinski definition) is 1. The molecule has 3 aromatic heterocycles. The number of aromatic amines is 1. The van der Waals surface area contributed by atoms with Gasteiger partial charge in [0, 0.05) is 16.7 Å². The van der Waals surface area contributed by atoms with E-state index in [1.165, 1.54) is 0 Å². The van der Waals surface area contributed by atoms with Crippen molar-refractivity contribution in [1.29, 1.82) is 0 Å². The molecule has 0 aliphatic rings. The molecule has 4 rings (SSSR count). The van der Waals surface area contributed by atoms with Gasteiger partial charge in [-0.1, -0.05) is 10.3 Å². The first-order valence-electron chi connectivity index (χ1n) is 8.14. The van der Waals surface area contributed by atoms with Crippen LogP contribution in [0, 0.1) is 27.7 Å². The zero-order valence-electron chi connectivity index (χ0n) is 14.9. The Bertz CT molecular complexity index is 1130. The maximum atomic E-state index is 13.2. The molecule has 1 N–H and O–H groups in total. The number of alkyl halides is 3. The molecule has 4 aromatic rings. The molecule has 6 nitrogen and oxygen atoms in total. The van der Waals surface area contributed by atoms with Gasteiger partial charge in [-0.15, -0.1) is 0 Å². The number of imidazole rings is 1. The van der Waals surface area contributed by atoms with Crippen LogP contribution in [0.1, 0.15) is 28.7 Å². The molecular weight excluding hydrogens is 361 g/mol. The third kappa shape index (κ3) is 2.70. The second-order valence-electron chi connectivity index (χ2n) is 6.40. The number of rotatable bonds is 2. The first-order chi connectivity index (χ1) is 12.7. The number of halogens is 3. The summed E-state index contributed by atoms with van der Waals surface area (Å²) in [5, 5.41) is 7.85. The van der Waals surface area contributed by atoms with Crippen molar-refractivity contribution in [3.05, 3.63) is 40.9 Å². The lowest BCUT2D eigenvalue weighted by Crippen LogP contribution is -2.06. The van der Waals surface area contributed by atoms with Crippen LogP contribution in [0.4, 0.5) is 13.2 Å².